The van der Waals surface area contributed by atoms with E-state index in [0.29, 0.717) is 17.7 Å². The number of nitrogens with zero attached hydrogens (tertiary/aromatic N) is 2. The summed E-state index contributed by atoms with van der Waals surface area (Å²) >= 11 is 1.60. The normalized spacial score (nSPS) is 10.5. The van der Waals surface area contributed by atoms with Gasteiger partial charge in [0.1, 0.15) is 5.82 Å². The summed E-state index contributed by atoms with van der Waals surface area (Å²) in [5.41, 5.74) is 0.587. The number of carbonyl (C=O) groups is 1. The lowest BCUT2D eigenvalue weighted by Gasteiger charge is -2.01. The van der Waals surface area contributed by atoms with Crippen molar-refractivity contribution >= 4 is 23.7 Å². The molecule has 0 radical (unpaired) electrons. The molecule has 24 heavy (non-hydrogen) atoms. The minimum atomic E-state index is -0.345. The number of benzene rings is 2. The fourth-order valence-corrected chi connectivity index (χ4v) is 2.82. The Balaban J connectivity index is 1.51. The average molecular weight is 343 g/mol. The Morgan fingerprint density at radius 3 is 2.58 bits per heavy atom. The molecule has 0 saturated carbocycles. The van der Waals surface area contributed by atoms with Crippen LogP contribution >= 0.6 is 11.8 Å². The van der Waals surface area contributed by atoms with Gasteiger partial charge in [-0.15, -0.1) is 16.9 Å². The molecule has 7 heteroatoms. The Bertz CT molecular complexity index is 806. The summed E-state index contributed by atoms with van der Waals surface area (Å²) in [7, 11) is 0. The summed E-state index contributed by atoms with van der Waals surface area (Å²) in [4.78, 5) is 13.0. The van der Waals surface area contributed by atoms with E-state index in [1.54, 1.807) is 11.8 Å². The zero-order valence-corrected chi connectivity index (χ0v) is 13.4. The van der Waals surface area contributed by atoms with Crippen LogP contribution in [0.1, 0.15) is 6.42 Å². The Morgan fingerprint density at radius 1 is 1.08 bits per heavy atom. The second-order valence-corrected chi connectivity index (χ2v) is 6.05. The highest BCUT2D eigenvalue weighted by molar-refractivity contribution is 7.99. The molecule has 5 nitrogen and oxygen atoms in total. The Hall–Kier alpha value is -2.67. The Kier molecular flexibility index (Phi) is 5.22. The van der Waals surface area contributed by atoms with Gasteiger partial charge in [0.25, 0.3) is 0 Å². The third kappa shape index (κ3) is 4.42. The van der Waals surface area contributed by atoms with Crippen molar-refractivity contribution in [3.05, 3.63) is 60.4 Å². The molecule has 0 aliphatic rings. The van der Waals surface area contributed by atoms with Crippen molar-refractivity contribution in [2.45, 2.75) is 11.3 Å². The summed E-state index contributed by atoms with van der Waals surface area (Å²) < 4.78 is 18.3. The standard InChI is InChI=1S/C17H14FN3O2S/c18-13-8-6-12(7-9-13)16-20-21-17(23-16)19-15(22)10-11-24-14-4-2-1-3-5-14/h1-9H,10-11H2,(H,19,21,22). The van der Waals surface area contributed by atoms with Crippen LogP contribution in [0.5, 0.6) is 0 Å². The third-order valence-corrected chi connectivity index (χ3v) is 4.12. The van der Waals surface area contributed by atoms with E-state index in [-0.39, 0.29) is 23.6 Å². The molecule has 0 fully saturated rings. The number of hydrogen-bond acceptors (Lipinski definition) is 5. The SMILES string of the molecule is O=C(CCSc1ccccc1)Nc1nnc(-c2ccc(F)cc2)o1. The molecule has 122 valence electrons. The molecule has 3 aromatic rings. The van der Waals surface area contributed by atoms with Crippen LogP contribution in [0.2, 0.25) is 0 Å². The molecule has 0 aliphatic carbocycles. The van der Waals surface area contributed by atoms with Crippen molar-refractivity contribution in [1.82, 2.24) is 10.2 Å². The predicted molar refractivity (Wildman–Crippen MR) is 90.1 cm³/mol. The maximum absolute atomic E-state index is 12.9. The molecule has 1 aromatic heterocycles. The van der Waals surface area contributed by atoms with E-state index >= 15 is 0 Å². The number of thioether (sulfide) groups is 1. The maximum Gasteiger partial charge on any atom is 0.322 e. The molecular weight excluding hydrogens is 329 g/mol. The van der Waals surface area contributed by atoms with E-state index in [1.165, 1.54) is 24.3 Å². The van der Waals surface area contributed by atoms with Crippen LogP contribution in [0, 0.1) is 5.82 Å². The summed E-state index contributed by atoms with van der Waals surface area (Å²) in [5, 5.41) is 10.2. The van der Waals surface area contributed by atoms with Gasteiger partial charge in [-0.1, -0.05) is 23.3 Å². The molecule has 0 aliphatic heterocycles. The van der Waals surface area contributed by atoms with E-state index in [2.05, 4.69) is 15.5 Å². The highest BCUT2D eigenvalue weighted by Crippen LogP contribution is 2.21. The van der Waals surface area contributed by atoms with Crippen LogP contribution in [-0.2, 0) is 4.79 Å². The van der Waals surface area contributed by atoms with Gasteiger partial charge in [0.2, 0.25) is 11.8 Å². The molecule has 0 atom stereocenters. The van der Waals surface area contributed by atoms with E-state index in [0.717, 1.165) is 4.90 Å². The molecule has 1 heterocycles. The highest BCUT2D eigenvalue weighted by Gasteiger charge is 2.11. The molecule has 2 aromatic carbocycles. The van der Waals surface area contributed by atoms with Crippen LogP contribution in [0.3, 0.4) is 0 Å². The first kappa shape index (κ1) is 16.2. The van der Waals surface area contributed by atoms with Gasteiger partial charge in [-0.3, -0.25) is 10.1 Å². The third-order valence-electron chi connectivity index (χ3n) is 3.10. The molecule has 0 saturated heterocycles. The molecular formula is C17H14FN3O2S. The number of carbonyl (C=O) groups excluding carboxylic acids is 1. The first-order chi connectivity index (χ1) is 11.7. The van der Waals surface area contributed by atoms with Gasteiger partial charge >= 0.3 is 6.01 Å². The lowest BCUT2D eigenvalue weighted by molar-refractivity contribution is -0.115. The first-order valence-electron chi connectivity index (χ1n) is 7.28. The Morgan fingerprint density at radius 2 is 1.83 bits per heavy atom. The number of rotatable bonds is 6. The van der Waals surface area contributed by atoms with Gasteiger partial charge < -0.3 is 4.42 Å². The smallest absolute Gasteiger partial charge is 0.322 e. The summed E-state index contributed by atoms with van der Waals surface area (Å²) in [5.74, 6) is 0.328. The highest BCUT2D eigenvalue weighted by atomic mass is 32.2. The van der Waals surface area contributed by atoms with E-state index < -0.39 is 0 Å². The van der Waals surface area contributed by atoms with Gasteiger partial charge in [-0.05, 0) is 36.4 Å². The van der Waals surface area contributed by atoms with Crippen molar-refractivity contribution in [3.63, 3.8) is 0 Å². The minimum Gasteiger partial charge on any atom is -0.403 e. The van der Waals surface area contributed by atoms with Crippen LogP contribution in [-0.4, -0.2) is 21.9 Å². The molecule has 0 unspecified atom stereocenters. The molecule has 1 N–H and O–H groups in total. The van der Waals surface area contributed by atoms with Crippen molar-refractivity contribution in [3.8, 4) is 11.5 Å². The second-order valence-electron chi connectivity index (χ2n) is 4.88. The summed E-state index contributed by atoms with van der Waals surface area (Å²) in [6, 6.07) is 15.6. The number of hydrogen-bond donors (Lipinski definition) is 1. The van der Waals surface area contributed by atoms with Crippen LogP contribution in [0.25, 0.3) is 11.5 Å². The van der Waals surface area contributed by atoms with Crippen molar-refractivity contribution in [2.75, 3.05) is 11.1 Å². The zero-order valence-electron chi connectivity index (χ0n) is 12.6. The quantitative estimate of drug-likeness (QED) is 0.685. The van der Waals surface area contributed by atoms with Crippen molar-refractivity contribution in [1.29, 1.82) is 0 Å². The number of amides is 1. The summed E-state index contributed by atoms with van der Waals surface area (Å²) in [6.45, 7) is 0. The molecule has 1 amide bonds. The van der Waals surface area contributed by atoms with Gasteiger partial charge in [-0.25, -0.2) is 4.39 Å². The largest absolute Gasteiger partial charge is 0.403 e. The monoisotopic (exact) mass is 343 g/mol. The van der Waals surface area contributed by atoms with Crippen molar-refractivity contribution < 1.29 is 13.6 Å². The number of aromatic nitrogens is 2. The van der Waals surface area contributed by atoms with Crippen LogP contribution in [0.4, 0.5) is 10.4 Å². The van der Waals surface area contributed by atoms with Crippen LogP contribution < -0.4 is 5.32 Å². The lowest BCUT2D eigenvalue weighted by Crippen LogP contribution is -2.12. The van der Waals surface area contributed by atoms with E-state index in [9.17, 15) is 9.18 Å². The first-order valence-corrected chi connectivity index (χ1v) is 8.26. The number of anilines is 1. The Labute approximate surface area is 142 Å². The minimum absolute atomic E-state index is 0.0315. The van der Waals surface area contributed by atoms with Gasteiger partial charge in [0.05, 0.1) is 0 Å². The predicted octanol–water partition coefficient (Wildman–Crippen LogP) is 4.00. The maximum atomic E-state index is 12.9. The average Bonchev–Trinajstić information content (AvgIpc) is 3.05. The number of halogens is 1. The fourth-order valence-electron chi connectivity index (χ4n) is 1.94. The number of nitrogens with one attached hydrogen (secondary N) is 1. The van der Waals surface area contributed by atoms with Gasteiger partial charge in [0.15, 0.2) is 0 Å². The van der Waals surface area contributed by atoms with E-state index in [1.807, 2.05) is 30.3 Å². The summed E-state index contributed by atoms with van der Waals surface area (Å²) in [6.07, 6.45) is 0.327. The van der Waals surface area contributed by atoms with Crippen molar-refractivity contribution in [2.24, 2.45) is 0 Å². The zero-order chi connectivity index (χ0) is 16.8. The van der Waals surface area contributed by atoms with Gasteiger partial charge in [0, 0.05) is 22.6 Å². The molecule has 0 spiro atoms. The molecule has 0 bridgehead atoms. The molecule has 3 rings (SSSR count). The fraction of sp³-hybridized carbons (Fsp3) is 0.118. The second kappa shape index (κ2) is 7.74. The lowest BCUT2D eigenvalue weighted by atomic mass is 10.2. The topological polar surface area (TPSA) is 68.0 Å². The van der Waals surface area contributed by atoms with Crippen LogP contribution in [0.15, 0.2) is 63.9 Å². The van der Waals surface area contributed by atoms with Gasteiger partial charge in [-0.2, -0.15) is 0 Å². The van der Waals surface area contributed by atoms with E-state index in [4.69, 9.17) is 4.42 Å².